The normalized spacial score (nSPS) is 24.3. The van der Waals surface area contributed by atoms with Crippen LogP contribution in [0.25, 0.3) is 0 Å². The van der Waals surface area contributed by atoms with Crippen molar-refractivity contribution >= 4 is 23.2 Å². The Bertz CT molecular complexity index is 1090. The number of halogens is 1. The Hall–Kier alpha value is -2.96. The van der Waals surface area contributed by atoms with E-state index in [2.05, 4.69) is 22.1 Å². The summed E-state index contributed by atoms with van der Waals surface area (Å²) in [7, 11) is 2.04. The molecular weight excluding hydrogens is 443 g/mol. The summed E-state index contributed by atoms with van der Waals surface area (Å²) < 4.78 is 14.8. The smallest absolute Gasteiger partial charge is 0.267 e. The third-order valence-corrected chi connectivity index (χ3v) is 8.17. The van der Waals surface area contributed by atoms with Crippen LogP contribution in [-0.4, -0.2) is 29.9 Å². The zero-order valence-corrected chi connectivity index (χ0v) is 21.1. The van der Waals surface area contributed by atoms with Crippen LogP contribution < -0.4 is 16.0 Å². The molecule has 35 heavy (non-hydrogen) atoms. The molecule has 2 unspecified atom stereocenters. The van der Waals surface area contributed by atoms with Gasteiger partial charge in [-0.2, -0.15) is 0 Å². The highest BCUT2D eigenvalue weighted by molar-refractivity contribution is 6.07. The van der Waals surface area contributed by atoms with E-state index in [1.807, 2.05) is 20.0 Å². The number of rotatable bonds is 7. The predicted octanol–water partition coefficient (Wildman–Crippen LogP) is 5.35. The van der Waals surface area contributed by atoms with E-state index in [4.69, 9.17) is 5.73 Å². The van der Waals surface area contributed by atoms with E-state index < -0.39 is 11.3 Å². The van der Waals surface area contributed by atoms with E-state index >= 15 is 0 Å². The van der Waals surface area contributed by atoms with Crippen molar-refractivity contribution in [2.24, 2.45) is 11.7 Å². The number of aromatic nitrogens is 1. The summed E-state index contributed by atoms with van der Waals surface area (Å²) >= 11 is 0. The molecular formula is C28H37FN4O2. The molecule has 1 aliphatic carbocycles. The molecule has 3 N–H and O–H groups in total. The molecule has 1 saturated carbocycles. The third kappa shape index (κ3) is 4.91. The van der Waals surface area contributed by atoms with Crippen molar-refractivity contribution < 1.29 is 14.0 Å². The number of hydrogen-bond donors (Lipinski definition) is 2. The van der Waals surface area contributed by atoms with Crippen molar-refractivity contribution in [3.63, 3.8) is 0 Å². The summed E-state index contributed by atoms with van der Waals surface area (Å²) in [5.74, 6) is -0.752. The number of nitrogens with zero attached hydrogens (tertiary/aromatic N) is 2. The quantitative estimate of drug-likeness (QED) is 0.559. The fraction of sp³-hybridized carbons (Fsp3) is 0.536. The average molecular weight is 481 g/mol. The third-order valence-electron chi connectivity index (χ3n) is 8.17. The Morgan fingerprint density at radius 2 is 2.03 bits per heavy atom. The molecule has 1 aromatic heterocycles. The van der Waals surface area contributed by atoms with Crippen molar-refractivity contribution in [2.75, 3.05) is 17.3 Å². The fourth-order valence-electron chi connectivity index (χ4n) is 5.89. The van der Waals surface area contributed by atoms with Gasteiger partial charge in [-0.1, -0.05) is 32.6 Å². The van der Waals surface area contributed by atoms with Crippen LogP contribution in [0.5, 0.6) is 0 Å². The molecule has 2 heterocycles. The summed E-state index contributed by atoms with van der Waals surface area (Å²) in [6.45, 7) is 4.12. The molecule has 188 valence electrons. The molecule has 0 spiro atoms. The lowest BCUT2D eigenvalue weighted by Gasteiger charge is -2.40. The second-order valence-electron chi connectivity index (χ2n) is 10.3. The van der Waals surface area contributed by atoms with Gasteiger partial charge in [0.05, 0.1) is 17.3 Å². The molecule has 7 heteroatoms. The molecule has 0 radical (unpaired) electrons. The Morgan fingerprint density at radius 1 is 1.26 bits per heavy atom. The van der Waals surface area contributed by atoms with E-state index in [1.165, 1.54) is 0 Å². The molecule has 3 atom stereocenters. The van der Waals surface area contributed by atoms with E-state index in [9.17, 15) is 14.0 Å². The Labute approximate surface area is 207 Å². The maximum atomic E-state index is 14.8. The molecule has 0 bridgehead atoms. The maximum Gasteiger partial charge on any atom is 0.267 e. The number of hydrogen-bond acceptors (Lipinski definition) is 4. The molecule has 2 aromatic rings. The van der Waals surface area contributed by atoms with Crippen molar-refractivity contribution in [2.45, 2.75) is 83.1 Å². The van der Waals surface area contributed by atoms with Gasteiger partial charge < -0.3 is 16.0 Å². The van der Waals surface area contributed by atoms with Crippen LogP contribution in [0.2, 0.25) is 0 Å². The first-order chi connectivity index (χ1) is 16.8. The van der Waals surface area contributed by atoms with Crippen LogP contribution >= 0.6 is 0 Å². The van der Waals surface area contributed by atoms with Gasteiger partial charge in [-0.05, 0) is 80.3 Å². The van der Waals surface area contributed by atoms with Gasteiger partial charge in [-0.15, -0.1) is 0 Å². The van der Waals surface area contributed by atoms with Gasteiger partial charge in [-0.3, -0.25) is 9.59 Å². The van der Waals surface area contributed by atoms with Gasteiger partial charge in [0.15, 0.2) is 0 Å². The molecule has 0 saturated heterocycles. The van der Waals surface area contributed by atoms with Crippen LogP contribution in [0.3, 0.4) is 0 Å². The fourth-order valence-corrected chi connectivity index (χ4v) is 5.89. The van der Waals surface area contributed by atoms with Crippen LogP contribution in [0, 0.1) is 11.7 Å². The minimum Gasteiger partial charge on any atom is -0.370 e. The number of benzene rings is 1. The average Bonchev–Trinajstić information content (AvgIpc) is 3.08. The van der Waals surface area contributed by atoms with Gasteiger partial charge >= 0.3 is 0 Å². The van der Waals surface area contributed by atoms with Crippen molar-refractivity contribution in [1.29, 1.82) is 0 Å². The number of carbonyl (C=O) groups is 2. The highest BCUT2D eigenvalue weighted by Crippen LogP contribution is 2.49. The number of primary amides is 1. The number of fused-ring (bicyclic) bond motifs is 1. The topological polar surface area (TPSA) is 88.3 Å². The minimum atomic E-state index is -0.775. The maximum absolute atomic E-state index is 14.8. The first-order valence-electron chi connectivity index (χ1n) is 12.9. The van der Waals surface area contributed by atoms with Crippen LogP contribution in [0.15, 0.2) is 30.5 Å². The number of pyridine rings is 1. The summed E-state index contributed by atoms with van der Waals surface area (Å²) in [5, 5.41) is 3.15. The molecule has 2 aliphatic rings. The largest absolute Gasteiger partial charge is 0.370 e. The first kappa shape index (κ1) is 25.1. The second-order valence-corrected chi connectivity index (χ2v) is 10.3. The lowest BCUT2D eigenvalue weighted by atomic mass is 9.66. The predicted molar refractivity (Wildman–Crippen MR) is 137 cm³/mol. The van der Waals surface area contributed by atoms with Gasteiger partial charge in [0.25, 0.3) is 5.91 Å². The molecule has 6 nitrogen and oxygen atoms in total. The zero-order valence-electron chi connectivity index (χ0n) is 21.1. The van der Waals surface area contributed by atoms with Gasteiger partial charge in [0.1, 0.15) is 11.5 Å². The number of nitrogens with one attached hydrogen (secondary N) is 1. The highest BCUT2D eigenvalue weighted by atomic mass is 19.1. The molecule has 2 amide bonds. The summed E-state index contributed by atoms with van der Waals surface area (Å²) in [5.41, 5.74) is 8.26. The number of amides is 2. The molecule has 4 rings (SSSR count). The number of anilines is 2. The van der Waals surface area contributed by atoms with Crippen LogP contribution in [-0.2, 0) is 16.6 Å². The SMILES string of the molecule is CCCCc1cc(F)cc2c1NC(=O)C2(C)C1CCCCC[C@@H](N(C)c2ccc(C(N)=O)nc2)C1. The molecule has 1 aromatic carbocycles. The van der Waals surface area contributed by atoms with Crippen molar-refractivity contribution in [1.82, 2.24) is 4.98 Å². The molecule has 1 fully saturated rings. The Balaban J connectivity index is 1.65. The van der Waals surface area contributed by atoms with E-state index in [1.54, 1.807) is 24.4 Å². The van der Waals surface area contributed by atoms with Crippen LogP contribution in [0.4, 0.5) is 15.8 Å². The minimum absolute atomic E-state index is 0.0182. The number of carbonyl (C=O) groups excluding carboxylic acids is 2. The standard InChI is InChI=1S/C28H37FN4O2/c1-4-5-9-18-14-20(29)16-23-25(18)32-27(35)28(23,2)19-10-7-6-8-11-21(15-19)33(3)22-12-13-24(26(30)34)31-17-22/h12-14,16-17,19,21H,4-11,15H2,1-3H3,(H2,30,34)(H,32,35)/t19?,21-,28?/m1/s1. The highest BCUT2D eigenvalue weighted by Gasteiger charge is 2.50. The van der Waals surface area contributed by atoms with Gasteiger partial charge in [0.2, 0.25) is 5.91 Å². The number of aryl methyl sites for hydroxylation is 1. The van der Waals surface area contributed by atoms with Crippen molar-refractivity contribution in [3.05, 3.63) is 53.1 Å². The van der Waals surface area contributed by atoms with E-state index in [0.29, 0.717) is 0 Å². The monoisotopic (exact) mass is 480 g/mol. The zero-order chi connectivity index (χ0) is 25.2. The molecule has 1 aliphatic heterocycles. The van der Waals surface area contributed by atoms with Gasteiger partial charge in [0, 0.05) is 18.8 Å². The number of unbranched alkanes of at least 4 members (excludes halogenated alkanes) is 1. The van der Waals surface area contributed by atoms with Crippen LogP contribution in [0.1, 0.15) is 86.8 Å². The first-order valence-corrected chi connectivity index (χ1v) is 12.9. The summed E-state index contributed by atoms with van der Waals surface area (Å²) in [4.78, 5) is 31.4. The second kappa shape index (κ2) is 10.3. The Kier molecular flexibility index (Phi) is 7.43. The summed E-state index contributed by atoms with van der Waals surface area (Å²) in [6.07, 6.45) is 10.4. The summed E-state index contributed by atoms with van der Waals surface area (Å²) in [6, 6.07) is 6.88. The van der Waals surface area contributed by atoms with Gasteiger partial charge in [-0.25, -0.2) is 9.37 Å². The lowest BCUT2D eigenvalue weighted by molar-refractivity contribution is -0.122. The Morgan fingerprint density at radius 3 is 2.71 bits per heavy atom. The van der Waals surface area contributed by atoms with E-state index in [0.717, 1.165) is 80.3 Å². The van der Waals surface area contributed by atoms with E-state index in [-0.39, 0.29) is 29.4 Å². The van der Waals surface area contributed by atoms with Crippen molar-refractivity contribution in [3.8, 4) is 0 Å². The lowest BCUT2D eigenvalue weighted by Crippen LogP contribution is -2.44. The number of nitrogens with two attached hydrogens (primary N) is 1.